The summed E-state index contributed by atoms with van der Waals surface area (Å²) in [5, 5.41) is 7.80. The van der Waals surface area contributed by atoms with Gasteiger partial charge in [0.15, 0.2) is 0 Å². The third-order valence-electron chi connectivity index (χ3n) is 2.56. The monoisotopic (exact) mass is 239 g/mol. The molecule has 0 bridgehead atoms. The smallest absolute Gasteiger partial charge is 0.0596 e. The molecule has 0 fully saturated rings. The van der Waals surface area contributed by atoms with E-state index in [4.69, 9.17) is 4.74 Å². The predicted molar refractivity (Wildman–Crippen MR) is 70.3 cm³/mol. The Morgan fingerprint density at radius 1 is 1.35 bits per heavy atom. The van der Waals surface area contributed by atoms with E-state index in [1.54, 1.807) is 0 Å². The van der Waals surface area contributed by atoms with E-state index in [-0.39, 0.29) is 0 Å². The molecular weight excluding hydrogens is 214 g/mol. The molecule has 0 amide bonds. The van der Waals surface area contributed by atoms with Crippen LogP contribution in [0.4, 0.5) is 0 Å². The summed E-state index contributed by atoms with van der Waals surface area (Å²) in [4.78, 5) is 0. The molecule has 0 unspecified atom stereocenters. The Balaban J connectivity index is 2.03. The Hall–Kier alpha value is -0.870. The fraction of sp³-hybridized carbons (Fsp3) is 0.769. The highest BCUT2D eigenvalue weighted by molar-refractivity contribution is 5.06. The van der Waals surface area contributed by atoms with Crippen molar-refractivity contribution in [3.05, 3.63) is 17.5 Å². The standard InChI is InChI=1S/C13H25N3O/c1-11(2)17-9-7-14-6-5-8-16-13(4)10-12(3)15-16/h10-11,14H,5-9H2,1-4H3. The fourth-order valence-electron chi connectivity index (χ4n) is 1.75. The van der Waals surface area contributed by atoms with Gasteiger partial charge in [-0.3, -0.25) is 4.68 Å². The zero-order valence-corrected chi connectivity index (χ0v) is 11.5. The highest BCUT2D eigenvalue weighted by Crippen LogP contribution is 2.02. The molecule has 0 aliphatic heterocycles. The first-order valence-corrected chi connectivity index (χ1v) is 6.43. The number of aryl methyl sites for hydroxylation is 3. The van der Waals surface area contributed by atoms with Gasteiger partial charge in [0.2, 0.25) is 0 Å². The van der Waals surface area contributed by atoms with Crippen molar-refractivity contribution in [2.75, 3.05) is 19.7 Å². The van der Waals surface area contributed by atoms with Crippen LogP contribution in [0.1, 0.15) is 31.7 Å². The van der Waals surface area contributed by atoms with E-state index in [0.717, 1.165) is 38.4 Å². The Morgan fingerprint density at radius 2 is 2.12 bits per heavy atom. The van der Waals surface area contributed by atoms with Crippen LogP contribution in [0.3, 0.4) is 0 Å². The van der Waals surface area contributed by atoms with Crippen molar-refractivity contribution in [3.63, 3.8) is 0 Å². The van der Waals surface area contributed by atoms with Crippen molar-refractivity contribution >= 4 is 0 Å². The molecule has 0 radical (unpaired) electrons. The van der Waals surface area contributed by atoms with Gasteiger partial charge in [0.1, 0.15) is 0 Å². The normalized spacial score (nSPS) is 11.4. The first-order valence-electron chi connectivity index (χ1n) is 6.43. The number of aromatic nitrogens is 2. The van der Waals surface area contributed by atoms with Crippen LogP contribution >= 0.6 is 0 Å². The van der Waals surface area contributed by atoms with Gasteiger partial charge in [0.05, 0.1) is 18.4 Å². The summed E-state index contributed by atoms with van der Waals surface area (Å²) in [6, 6.07) is 2.11. The molecule has 1 heterocycles. The van der Waals surface area contributed by atoms with E-state index in [1.807, 2.05) is 6.92 Å². The first kappa shape index (κ1) is 14.2. The molecule has 4 nitrogen and oxygen atoms in total. The average Bonchev–Trinajstić information content (AvgIpc) is 2.55. The Labute approximate surface area is 104 Å². The van der Waals surface area contributed by atoms with Crippen LogP contribution in [-0.2, 0) is 11.3 Å². The second-order valence-electron chi connectivity index (χ2n) is 4.67. The van der Waals surface area contributed by atoms with Gasteiger partial charge in [-0.15, -0.1) is 0 Å². The van der Waals surface area contributed by atoms with Gasteiger partial charge in [-0.05, 0) is 46.7 Å². The third-order valence-corrected chi connectivity index (χ3v) is 2.56. The zero-order valence-electron chi connectivity index (χ0n) is 11.5. The molecule has 98 valence electrons. The molecule has 0 aromatic carbocycles. The van der Waals surface area contributed by atoms with Crippen molar-refractivity contribution in [2.45, 2.75) is 46.8 Å². The lowest BCUT2D eigenvalue weighted by atomic mass is 10.4. The Bertz CT molecular complexity index is 320. The van der Waals surface area contributed by atoms with E-state index >= 15 is 0 Å². The summed E-state index contributed by atoms with van der Waals surface area (Å²) in [7, 11) is 0. The third kappa shape index (κ3) is 5.84. The number of ether oxygens (including phenoxy) is 1. The highest BCUT2D eigenvalue weighted by Gasteiger charge is 1.99. The lowest BCUT2D eigenvalue weighted by Gasteiger charge is -2.09. The van der Waals surface area contributed by atoms with Crippen molar-refractivity contribution in [1.29, 1.82) is 0 Å². The molecule has 1 rings (SSSR count). The SMILES string of the molecule is Cc1cc(C)n(CCCNCCOC(C)C)n1. The topological polar surface area (TPSA) is 39.1 Å². The van der Waals surface area contributed by atoms with E-state index < -0.39 is 0 Å². The summed E-state index contributed by atoms with van der Waals surface area (Å²) in [5.41, 5.74) is 2.34. The summed E-state index contributed by atoms with van der Waals surface area (Å²) >= 11 is 0. The van der Waals surface area contributed by atoms with Crippen LogP contribution in [-0.4, -0.2) is 35.6 Å². The lowest BCUT2D eigenvalue weighted by Crippen LogP contribution is -2.23. The van der Waals surface area contributed by atoms with Gasteiger partial charge in [-0.25, -0.2) is 0 Å². The number of hydrogen-bond donors (Lipinski definition) is 1. The minimum atomic E-state index is 0.325. The summed E-state index contributed by atoms with van der Waals surface area (Å²) in [6.07, 6.45) is 1.43. The molecule has 0 saturated heterocycles. The van der Waals surface area contributed by atoms with E-state index in [9.17, 15) is 0 Å². The van der Waals surface area contributed by atoms with Gasteiger partial charge in [-0.2, -0.15) is 5.10 Å². The van der Waals surface area contributed by atoms with Gasteiger partial charge in [0, 0.05) is 18.8 Å². The molecule has 0 atom stereocenters. The number of hydrogen-bond acceptors (Lipinski definition) is 3. The van der Waals surface area contributed by atoms with Gasteiger partial charge in [-0.1, -0.05) is 0 Å². The largest absolute Gasteiger partial charge is 0.377 e. The lowest BCUT2D eigenvalue weighted by molar-refractivity contribution is 0.0808. The molecule has 4 heteroatoms. The summed E-state index contributed by atoms with van der Waals surface area (Å²) < 4.78 is 7.52. The maximum atomic E-state index is 5.45. The van der Waals surface area contributed by atoms with Crippen LogP contribution in [0.25, 0.3) is 0 Å². The molecular formula is C13H25N3O. The quantitative estimate of drug-likeness (QED) is 0.704. The molecule has 1 N–H and O–H groups in total. The predicted octanol–water partition coefficient (Wildman–Crippen LogP) is 1.90. The van der Waals surface area contributed by atoms with Crippen LogP contribution in [0, 0.1) is 13.8 Å². The maximum absolute atomic E-state index is 5.45. The molecule has 1 aromatic rings. The van der Waals surface area contributed by atoms with Gasteiger partial charge >= 0.3 is 0 Å². The van der Waals surface area contributed by atoms with Crippen LogP contribution in [0.15, 0.2) is 6.07 Å². The molecule has 1 aromatic heterocycles. The summed E-state index contributed by atoms with van der Waals surface area (Å²) in [5.74, 6) is 0. The van der Waals surface area contributed by atoms with Crippen LogP contribution in [0.5, 0.6) is 0 Å². The van der Waals surface area contributed by atoms with Gasteiger partial charge < -0.3 is 10.1 Å². The minimum absolute atomic E-state index is 0.325. The molecule has 0 saturated carbocycles. The average molecular weight is 239 g/mol. The number of nitrogens with one attached hydrogen (secondary N) is 1. The molecule has 0 aliphatic rings. The summed E-state index contributed by atoms with van der Waals surface area (Å²) in [6.45, 7) is 12.0. The van der Waals surface area contributed by atoms with E-state index in [0.29, 0.717) is 6.10 Å². The highest BCUT2D eigenvalue weighted by atomic mass is 16.5. The van der Waals surface area contributed by atoms with Crippen molar-refractivity contribution in [3.8, 4) is 0 Å². The van der Waals surface area contributed by atoms with Crippen LogP contribution < -0.4 is 5.32 Å². The van der Waals surface area contributed by atoms with Crippen molar-refractivity contribution in [1.82, 2.24) is 15.1 Å². The van der Waals surface area contributed by atoms with Crippen molar-refractivity contribution in [2.24, 2.45) is 0 Å². The van der Waals surface area contributed by atoms with E-state index in [1.165, 1.54) is 5.69 Å². The molecule has 0 aliphatic carbocycles. The van der Waals surface area contributed by atoms with E-state index in [2.05, 4.69) is 41.9 Å². The van der Waals surface area contributed by atoms with Crippen molar-refractivity contribution < 1.29 is 4.74 Å². The fourth-order valence-corrected chi connectivity index (χ4v) is 1.75. The Morgan fingerprint density at radius 3 is 2.71 bits per heavy atom. The second-order valence-corrected chi connectivity index (χ2v) is 4.67. The maximum Gasteiger partial charge on any atom is 0.0596 e. The first-order chi connectivity index (χ1) is 8.09. The minimum Gasteiger partial charge on any atom is -0.377 e. The van der Waals surface area contributed by atoms with Gasteiger partial charge in [0.25, 0.3) is 0 Å². The number of nitrogens with zero attached hydrogens (tertiary/aromatic N) is 2. The Kier molecular flexibility index (Phi) is 6.22. The second kappa shape index (κ2) is 7.45. The molecule has 17 heavy (non-hydrogen) atoms. The molecule has 0 spiro atoms. The van der Waals surface area contributed by atoms with Crippen LogP contribution in [0.2, 0.25) is 0 Å². The number of rotatable bonds is 8. The zero-order chi connectivity index (χ0) is 12.7.